The van der Waals surface area contributed by atoms with E-state index >= 15 is 0 Å². The monoisotopic (exact) mass is 458 g/mol. The molecule has 0 aliphatic carbocycles. The Morgan fingerprint density at radius 2 is 1.85 bits per heavy atom. The largest absolute Gasteiger partial charge is 0.507 e. The Bertz CT molecular complexity index is 904. The predicted molar refractivity (Wildman–Crippen MR) is 131 cm³/mol. The molecule has 0 amide bonds. The number of Topliss-reactive ketones (excluding diaryl/α,β-unsaturated/α-hetero) is 1. The van der Waals surface area contributed by atoms with Crippen LogP contribution in [0.5, 0.6) is 5.75 Å². The van der Waals surface area contributed by atoms with Gasteiger partial charge < -0.3 is 14.3 Å². The fourth-order valence-electron chi connectivity index (χ4n) is 3.27. The normalized spacial score (nSPS) is 13.0. The standard InChI is InChI=1S/C27H38O6/c1-5-6-7-8-9-10-11-13-17-21(3)26(30)25-22(28)19-23(33-27(25)31)20(2)16-14-12-15-18-24(29)32-4/h11-13,15,17,19-20,28H,5-10,14,16,18H2,1-4H3/b13-11+,15-12+,21-17+. The van der Waals surface area contributed by atoms with Gasteiger partial charge in [0, 0.05) is 12.0 Å². The summed E-state index contributed by atoms with van der Waals surface area (Å²) in [4.78, 5) is 36.2. The van der Waals surface area contributed by atoms with Gasteiger partial charge in [0.1, 0.15) is 17.1 Å². The molecule has 0 aromatic carbocycles. The zero-order chi connectivity index (χ0) is 24.6. The van der Waals surface area contributed by atoms with E-state index in [1.165, 1.54) is 38.9 Å². The third kappa shape index (κ3) is 10.5. The Hall–Kier alpha value is -2.89. The van der Waals surface area contributed by atoms with Crippen molar-refractivity contribution in [3.05, 3.63) is 63.8 Å². The minimum absolute atomic E-state index is 0.146. The van der Waals surface area contributed by atoms with Gasteiger partial charge in [0.25, 0.3) is 0 Å². The number of rotatable bonds is 15. The van der Waals surface area contributed by atoms with Crippen molar-refractivity contribution in [1.82, 2.24) is 0 Å². The number of carbonyl (C=O) groups is 2. The number of ether oxygens (including phenoxy) is 1. The first kappa shape index (κ1) is 28.1. The van der Waals surface area contributed by atoms with E-state index < -0.39 is 11.4 Å². The summed E-state index contributed by atoms with van der Waals surface area (Å²) < 4.78 is 9.91. The van der Waals surface area contributed by atoms with E-state index in [2.05, 4.69) is 11.7 Å². The Morgan fingerprint density at radius 3 is 2.52 bits per heavy atom. The van der Waals surface area contributed by atoms with Crippen LogP contribution in [0.25, 0.3) is 0 Å². The minimum atomic E-state index is -0.837. The molecular weight excluding hydrogens is 420 g/mol. The molecule has 0 saturated carbocycles. The summed E-state index contributed by atoms with van der Waals surface area (Å²) in [5.41, 5.74) is -0.822. The van der Waals surface area contributed by atoms with Crippen molar-refractivity contribution in [1.29, 1.82) is 0 Å². The fourth-order valence-corrected chi connectivity index (χ4v) is 3.27. The molecule has 182 valence electrons. The van der Waals surface area contributed by atoms with Crippen LogP contribution in [-0.2, 0) is 9.53 Å². The Labute approximate surface area is 197 Å². The SMILES string of the molecule is CCCCCCC/C=C/C=C(\C)C(=O)c1c(O)cc(C(C)CC/C=C/CC(=O)OC)oc1=O. The first-order valence-electron chi connectivity index (χ1n) is 11.8. The van der Waals surface area contributed by atoms with Gasteiger partial charge in [0.05, 0.1) is 13.5 Å². The molecule has 0 fully saturated rings. The second kappa shape index (κ2) is 15.8. The molecule has 0 aliphatic rings. The number of methoxy groups -OCH3 is 1. The number of aromatic hydroxyl groups is 1. The lowest BCUT2D eigenvalue weighted by Gasteiger charge is -2.11. The zero-order valence-electron chi connectivity index (χ0n) is 20.4. The van der Waals surface area contributed by atoms with Crippen LogP contribution >= 0.6 is 0 Å². The van der Waals surface area contributed by atoms with Crippen molar-refractivity contribution < 1.29 is 23.8 Å². The first-order valence-corrected chi connectivity index (χ1v) is 11.8. The number of unbranched alkanes of at least 4 members (excludes halogenated alkanes) is 5. The molecule has 0 aliphatic heterocycles. The lowest BCUT2D eigenvalue weighted by Crippen LogP contribution is -2.16. The van der Waals surface area contributed by atoms with E-state index in [1.807, 2.05) is 25.2 Å². The predicted octanol–water partition coefficient (Wildman–Crippen LogP) is 6.39. The van der Waals surface area contributed by atoms with Crippen LogP contribution in [0.3, 0.4) is 0 Å². The Morgan fingerprint density at radius 1 is 1.12 bits per heavy atom. The second-order valence-electron chi connectivity index (χ2n) is 8.24. The van der Waals surface area contributed by atoms with Crippen molar-refractivity contribution in [3.63, 3.8) is 0 Å². The van der Waals surface area contributed by atoms with E-state index in [0.717, 1.165) is 12.8 Å². The van der Waals surface area contributed by atoms with Crippen molar-refractivity contribution in [3.8, 4) is 5.75 Å². The fraction of sp³-hybridized carbons (Fsp3) is 0.519. The molecule has 1 aromatic rings. The van der Waals surface area contributed by atoms with Crippen LogP contribution in [0.2, 0.25) is 0 Å². The van der Waals surface area contributed by atoms with E-state index in [-0.39, 0.29) is 29.6 Å². The van der Waals surface area contributed by atoms with E-state index in [9.17, 15) is 19.5 Å². The molecule has 1 aromatic heterocycles. The molecule has 1 atom stereocenters. The highest BCUT2D eigenvalue weighted by Crippen LogP contribution is 2.26. The molecule has 1 unspecified atom stereocenters. The zero-order valence-corrected chi connectivity index (χ0v) is 20.4. The summed E-state index contributed by atoms with van der Waals surface area (Å²) in [5, 5.41) is 10.4. The van der Waals surface area contributed by atoms with Gasteiger partial charge in [-0.25, -0.2) is 4.79 Å². The van der Waals surface area contributed by atoms with Crippen LogP contribution in [0, 0.1) is 0 Å². The molecule has 0 radical (unpaired) electrons. The topological polar surface area (TPSA) is 93.8 Å². The molecule has 1 heterocycles. The molecule has 0 spiro atoms. The highest BCUT2D eigenvalue weighted by atomic mass is 16.5. The maximum Gasteiger partial charge on any atom is 0.351 e. The number of hydrogen-bond acceptors (Lipinski definition) is 6. The van der Waals surface area contributed by atoms with Gasteiger partial charge >= 0.3 is 11.6 Å². The van der Waals surface area contributed by atoms with E-state index in [4.69, 9.17) is 4.42 Å². The molecular formula is C27H38O6. The van der Waals surface area contributed by atoms with Crippen LogP contribution in [-0.4, -0.2) is 24.0 Å². The molecule has 1 N–H and O–H groups in total. The lowest BCUT2D eigenvalue weighted by atomic mass is 9.99. The summed E-state index contributed by atoms with van der Waals surface area (Å²) >= 11 is 0. The average molecular weight is 459 g/mol. The quantitative estimate of drug-likeness (QED) is 0.0817. The Balaban J connectivity index is 2.70. The van der Waals surface area contributed by atoms with E-state index in [0.29, 0.717) is 24.2 Å². The van der Waals surface area contributed by atoms with Gasteiger partial charge in [0.2, 0.25) is 0 Å². The highest BCUT2D eigenvalue weighted by molar-refractivity contribution is 6.09. The first-order chi connectivity index (χ1) is 15.8. The summed E-state index contributed by atoms with van der Waals surface area (Å²) in [6, 6.07) is 1.34. The van der Waals surface area contributed by atoms with Gasteiger partial charge in [-0.15, -0.1) is 0 Å². The smallest absolute Gasteiger partial charge is 0.351 e. The van der Waals surface area contributed by atoms with Crippen molar-refractivity contribution >= 4 is 11.8 Å². The summed E-state index contributed by atoms with van der Waals surface area (Å²) in [5.74, 6) is -1.05. The van der Waals surface area contributed by atoms with Crippen LogP contribution in [0.4, 0.5) is 0 Å². The number of allylic oxidation sites excluding steroid dienone is 5. The summed E-state index contributed by atoms with van der Waals surface area (Å²) in [7, 11) is 1.34. The third-order valence-electron chi connectivity index (χ3n) is 5.42. The molecule has 1 rings (SSSR count). The van der Waals surface area contributed by atoms with Gasteiger partial charge in [-0.3, -0.25) is 9.59 Å². The molecule has 0 bridgehead atoms. The summed E-state index contributed by atoms with van der Waals surface area (Å²) in [6.45, 7) is 5.67. The van der Waals surface area contributed by atoms with Crippen molar-refractivity contribution in [2.75, 3.05) is 7.11 Å². The van der Waals surface area contributed by atoms with Crippen molar-refractivity contribution in [2.24, 2.45) is 0 Å². The molecule has 33 heavy (non-hydrogen) atoms. The number of carbonyl (C=O) groups excluding carboxylic acids is 2. The number of esters is 1. The molecule has 6 heteroatoms. The maximum absolute atomic E-state index is 12.7. The number of ketones is 1. The lowest BCUT2D eigenvalue weighted by molar-refractivity contribution is -0.139. The van der Waals surface area contributed by atoms with Gasteiger partial charge in [-0.2, -0.15) is 0 Å². The van der Waals surface area contributed by atoms with Crippen LogP contribution < -0.4 is 5.63 Å². The van der Waals surface area contributed by atoms with E-state index in [1.54, 1.807) is 19.1 Å². The minimum Gasteiger partial charge on any atom is -0.507 e. The van der Waals surface area contributed by atoms with Gasteiger partial charge in [-0.05, 0) is 38.2 Å². The van der Waals surface area contributed by atoms with Crippen molar-refractivity contribution in [2.45, 2.75) is 84.5 Å². The maximum atomic E-state index is 12.7. The number of hydrogen-bond donors (Lipinski definition) is 1. The third-order valence-corrected chi connectivity index (χ3v) is 5.42. The highest BCUT2D eigenvalue weighted by Gasteiger charge is 2.21. The van der Waals surface area contributed by atoms with Crippen LogP contribution in [0.15, 0.2) is 51.2 Å². The Kier molecular flexibility index (Phi) is 13.5. The van der Waals surface area contributed by atoms with Crippen LogP contribution in [0.1, 0.15) is 101 Å². The molecule has 6 nitrogen and oxygen atoms in total. The van der Waals surface area contributed by atoms with Gasteiger partial charge in [0.15, 0.2) is 5.78 Å². The second-order valence-corrected chi connectivity index (χ2v) is 8.24. The van der Waals surface area contributed by atoms with Gasteiger partial charge in [-0.1, -0.05) is 69.9 Å². The summed E-state index contributed by atoms with van der Waals surface area (Å²) in [6.07, 6.45) is 17.6. The average Bonchev–Trinajstić information content (AvgIpc) is 2.79. The molecule has 0 saturated heterocycles.